The number of aromatic nitrogens is 2. The SMILES string of the molecule is COCCNC(=O)c1cc(C)nc(Nc2ccccc2N2CCOCC2)n1. The van der Waals surface area contributed by atoms with E-state index in [-0.39, 0.29) is 5.91 Å². The molecular formula is C19H25N5O3. The van der Waals surface area contributed by atoms with Gasteiger partial charge in [0.2, 0.25) is 5.95 Å². The molecule has 0 unspecified atom stereocenters. The summed E-state index contributed by atoms with van der Waals surface area (Å²) in [5.41, 5.74) is 3.01. The monoisotopic (exact) mass is 371 g/mol. The summed E-state index contributed by atoms with van der Waals surface area (Å²) < 4.78 is 10.4. The van der Waals surface area contributed by atoms with Crippen molar-refractivity contribution in [3.8, 4) is 0 Å². The zero-order chi connectivity index (χ0) is 19.1. The molecule has 1 aromatic heterocycles. The standard InChI is InChI=1S/C19H25N5O3/c1-14-13-16(18(25)20-7-10-26-2)23-19(21-14)22-15-5-3-4-6-17(15)24-8-11-27-12-9-24/h3-6,13H,7-12H2,1-2H3,(H,20,25)(H,21,22,23). The summed E-state index contributed by atoms with van der Waals surface area (Å²) in [6.07, 6.45) is 0. The molecule has 1 fully saturated rings. The molecule has 0 bridgehead atoms. The van der Waals surface area contributed by atoms with E-state index in [1.807, 2.05) is 25.1 Å². The van der Waals surface area contributed by atoms with E-state index >= 15 is 0 Å². The molecule has 0 radical (unpaired) electrons. The fraction of sp³-hybridized carbons (Fsp3) is 0.421. The summed E-state index contributed by atoms with van der Waals surface area (Å²) in [6.45, 7) is 5.81. The number of methoxy groups -OCH3 is 1. The Balaban J connectivity index is 1.79. The van der Waals surface area contributed by atoms with Crippen molar-refractivity contribution in [2.75, 3.05) is 56.8 Å². The molecule has 2 aromatic rings. The predicted molar refractivity (Wildman–Crippen MR) is 104 cm³/mol. The largest absolute Gasteiger partial charge is 0.383 e. The molecule has 8 heteroatoms. The van der Waals surface area contributed by atoms with Crippen molar-refractivity contribution in [2.45, 2.75) is 6.92 Å². The molecule has 1 aromatic carbocycles. The number of hydrogen-bond acceptors (Lipinski definition) is 7. The minimum Gasteiger partial charge on any atom is -0.383 e. The van der Waals surface area contributed by atoms with Gasteiger partial charge in [0.1, 0.15) is 5.69 Å². The van der Waals surface area contributed by atoms with Gasteiger partial charge in [-0.25, -0.2) is 9.97 Å². The van der Waals surface area contributed by atoms with E-state index < -0.39 is 0 Å². The van der Waals surface area contributed by atoms with Crippen LogP contribution in [0.15, 0.2) is 30.3 Å². The third-order valence-corrected chi connectivity index (χ3v) is 4.18. The van der Waals surface area contributed by atoms with Crippen LogP contribution in [-0.4, -0.2) is 62.4 Å². The molecule has 1 aliphatic heterocycles. The number of morpholine rings is 1. The summed E-state index contributed by atoms with van der Waals surface area (Å²) in [5, 5.41) is 6.04. The molecule has 144 valence electrons. The molecular weight excluding hydrogens is 346 g/mol. The lowest BCUT2D eigenvalue weighted by atomic mass is 10.2. The van der Waals surface area contributed by atoms with Crippen LogP contribution in [0.4, 0.5) is 17.3 Å². The first kappa shape index (κ1) is 19.1. The second kappa shape index (κ2) is 9.29. The summed E-state index contributed by atoms with van der Waals surface area (Å²) in [5.74, 6) is 0.148. The highest BCUT2D eigenvalue weighted by Crippen LogP contribution is 2.28. The zero-order valence-electron chi connectivity index (χ0n) is 15.7. The van der Waals surface area contributed by atoms with Crippen LogP contribution in [0.3, 0.4) is 0 Å². The van der Waals surface area contributed by atoms with E-state index in [1.54, 1.807) is 13.2 Å². The zero-order valence-corrected chi connectivity index (χ0v) is 15.7. The molecule has 0 atom stereocenters. The Labute approximate surface area is 158 Å². The van der Waals surface area contributed by atoms with Gasteiger partial charge in [-0.2, -0.15) is 0 Å². The summed E-state index contributed by atoms with van der Waals surface area (Å²) in [6, 6.07) is 9.67. The van der Waals surface area contributed by atoms with Crippen molar-refractivity contribution in [1.82, 2.24) is 15.3 Å². The van der Waals surface area contributed by atoms with E-state index in [0.717, 1.165) is 24.5 Å². The number of nitrogens with zero attached hydrogens (tertiary/aromatic N) is 3. The number of hydrogen-bond donors (Lipinski definition) is 2. The molecule has 1 saturated heterocycles. The van der Waals surface area contributed by atoms with Gasteiger partial charge in [0, 0.05) is 32.4 Å². The van der Waals surface area contributed by atoms with E-state index in [9.17, 15) is 4.79 Å². The van der Waals surface area contributed by atoms with Crippen LogP contribution in [-0.2, 0) is 9.47 Å². The lowest BCUT2D eigenvalue weighted by Crippen LogP contribution is -2.36. The summed E-state index contributed by atoms with van der Waals surface area (Å²) in [7, 11) is 1.59. The quantitative estimate of drug-likeness (QED) is 0.717. The first-order valence-electron chi connectivity index (χ1n) is 8.99. The summed E-state index contributed by atoms with van der Waals surface area (Å²) >= 11 is 0. The average Bonchev–Trinajstić information content (AvgIpc) is 2.69. The molecule has 2 N–H and O–H groups in total. The number of benzene rings is 1. The maximum Gasteiger partial charge on any atom is 0.270 e. The molecule has 1 aliphatic rings. The molecule has 3 rings (SSSR count). The number of amides is 1. The van der Waals surface area contributed by atoms with Crippen molar-refractivity contribution in [2.24, 2.45) is 0 Å². The normalized spacial score (nSPS) is 14.1. The maximum absolute atomic E-state index is 12.3. The number of aryl methyl sites for hydroxylation is 1. The highest BCUT2D eigenvalue weighted by atomic mass is 16.5. The Morgan fingerprint density at radius 2 is 2.04 bits per heavy atom. The van der Waals surface area contributed by atoms with Crippen LogP contribution in [0, 0.1) is 6.92 Å². The number of ether oxygens (including phenoxy) is 2. The van der Waals surface area contributed by atoms with E-state index in [1.165, 1.54) is 0 Å². The first-order chi connectivity index (χ1) is 13.2. The third-order valence-electron chi connectivity index (χ3n) is 4.18. The van der Waals surface area contributed by atoms with Crippen molar-refractivity contribution in [3.05, 3.63) is 41.7 Å². The van der Waals surface area contributed by atoms with E-state index in [0.29, 0.717) is 43.7 Å². The Hall–Kier alpha value is -2.71. The second-order valence-corrected chi connectivity index (χ2v) is 6.21. The maximum atomic E-state index is 12.3. The van der Waals surface area contributed by atoms with Gasteiger partial charge < -0.3 is 25.0 Å². The van der Waals surface area contributed by atoms with Gasteiger partial charge in [0.05, 0.1) is 31.2 Å². The molecule has 1 amide bonds. The van der Waals surface area contributed by atoms with Gasteiger partial charge in [-0.1, -0.05) is 12.1 Å². The van der Waals surface area contributed by atoms with Gasteiger partial charge in [-0.05, 0) is 25.1 Å². The van der Waals surface area contributed by atoms with Crippen LogP contribution in [0.5, 0.6) is 0 Å². The van der Waals surface area contributed by atoms with Crippen LogP contribution in [0.25, 0.3) is 0 Å². The van der Waals surface area contributed by atoms with Gasteiger partial charge in [0.15, 0.2) is 0 Å². The van der Waals surface area contributed by atoms with Crippen molar-refractivity contribution in [3.63, 3.8) is 0 Å². The van der Waals surface area contributed by atoms with E-state index in [4.69, 9.17) is 9.47 Å². The minimum absolute atomic E-state index is 0.248. The van der Waals surface area contributed by atoms with Crippen LogP contribution >= 0.6 is 0 Å². The van der Waals surface area contributed by atoms with Crippen LogP contribution in [0.1, 0.15) is 16.2 Å². The number of para-hydroxylation sites is 2. The van der Waals surface area contributed by atoms with Gasteiger partial charge in [-0.15, -0.1) is 0 Å². The fourth-order valence-corrected chi connectivity index (χ4v) is 2.88. The number of carbonyl (C=O) groups excluding carboxylic acids is 1. The number of carbonyl (C=O) groups is 1. The van der Waals surface area contributed by atoms with Crippen molar-refractivity contribution in [1.29, 1.82) is 0 Å². The Morgan fingerprint density at radius 3 is 2.81 bits per heavy atom. The smallest absolute Gasteiger partial charge is 0.270 e. The Morgan fingerprint density at radius 1 is 1.26 bits per heavy atom. The van der Waals surface area contributed by atoms with Crippen LogP contribution in [0.2, 0.25) is 0 Å². The number of rotatable bonds is 7. The lowest BCUT2D eigenvalue weighted by Gasteiger charge is -2.30. The average molecular weight is 371 g/mol. The molecule has 27 heavy (non-hydrogen) atoms. The topological polar surface area (TPSA) is 88.6 Å². The van der Waals surface area contributed by atoms with Crippen molar-refractivity contribution >= 4 is 23.2 Å². The molecule has 0 saturated carbocycles. The Bertz CT molecular complexity index is 778. The second-order valence-electron chi connectivity index (χ2n) is 6.21. The van der Waals surface area contributed by atoms with Crippen LogP contribution < -0.4 is 15.5 Å². The van der Waals surface area contributed by atoms with Crippen molar-refractivity contribution < 1.29 is 14.3 Å². The highest BCUT2D eigenvalue weighted by Gasteiger charge is 2.16. The number of nitrogens with one attached hydrogen (secondary N) is 2. The lowest BCUT2D eigenvalue weighted by molar-refractivity contribution is 0.0932. The minimum atomic E-state index is -0.248. The molecule has 0 spiro atoms. The van der Waals surface area contributed by atoms with Gasteiger partial charge >= 0.3 is 0 Å². The van der Waals surface area contributed by atoms with E-state index in [2.05, 4.69) is 31.6 Å². The Kier molecular flexibility index (Phi) is 6.56. The molecule has 0 aliphatic carbocycles. The highest BCUT2D eigenvalue weighted by molar-refractivity contribution is 5.92. The first-order valence-corrected chi connectivity index (χ1v) is 8.99. The fourth-order valence-electron chi connectivity index (χ4n) is 2.88. The van der Waals surface area contributed by atoms with Gasteiger partial charge in [-0.3, -0.25) is 4.79 Å². The third kappa shape index (κ3) is 5.15. The van der Waals surface area contributed by atoms with Gasteiger partial charge in [0.25, 0.3) is 5.91 Å². The molecule has 8 nitrogen and oxygen atoms in total. The number of anilines is 3. The predicted octanol–water partition coefficient (Wildman–Crippen LogP) is 1.74. The molecule has 2 heterocycles. The summed E-state index contributed by atoms with van der Waals surface area (Å²) in [4.78, 5) is 23.3.